The number of hydrogen-bond donors (Lipinski definition) is 1. The van der Waals surface area contributed by atoms with E-state index in [1.165, 1.54) is 25.2 Å². The number of benzene rings is 2. The number of carbonyl (C=O) groups is 1. The van der Waals surface area contributed by atoms with Crippen molar-refractivity contribution in [3.63, 3.8) is 0 Å². The molecule has 6 nitrogen and oxygen atoms in total. The average Bonchev–Trinajstić information content (AvgIpc) is 3.09. The van der Waals surface area contributed by atoms with Gasteiger partial charge in [-0.05, 0) is 68.3 Å². The molecule has 0 aliphatic carbocycles. The fraction of sp³-hybridized carbons (Fsp3) is 0.375. The van der Waals surface area contributed by atoms with E-state index in [9.17, 15) is 18.3 Å². The number of thiophene rings is 1. The van der Waals surface area contributed by atoms with Gasteiger partial charge in [-0.2, -0.15) is 4.31 Å². The topological polar surface area (TPSA) is 83.9 Å². The maximum absolute atomic E-state index is 13.5. The highest BCUT2D eigenvalue weighted by molar-refractivity contribution is 7.91. The number of nitrogens with zero attached hydrogens (tertiary/aromatic N) is 1. The van der Waals surface area contributed by atoms with Crippen molar-refractivity contribution >= 4 is 37.4 Å². The Labute approximate surface area is 193 Å². The fourth-order valence-corrected chi connectivity index (χ4v) is 6.87. The number of fused-ring (bicyclic) bond motifs is 1. The minimum atomic E-state index is -3.61. The van der Waals surface area contributed by atoms with Gasteiger partial charge >= 0.3 is 5.97 Å². The molecule has 8 heteroatoms. The quantitative estimate of drug-likeness (QED) is 0.441. The van der Waals surface area contributed by atoms with Crippen LogP contribution in [0.4, 0.5) is 0 Å². The van der Waals surface area contributed by atoms with Gasteiger partial charge in [0.25, 0.3) is 10.0 Å². The molecule has 3 rings (SSSR count). The number of carboxylic acids is 1. The number of hydrogen-bond acceptors (Lipinski definition) is 5. The smallest absolute Gasteiger partial charge is 0.347 e. The highest BCUT2D eigenvalue weighted by Crippen LogP contribution is 2.35. The third-order valence-electron chi connectivity index (χ3n) is 5.31. The van der Waals surface area contributed by atoms with Crippen LogP contribution in [0.25, 0.3) is 10.1 Å². The predicted molar refractivity (Wildman–Crippen MR) is 128 cm³/mol. The molecular weight excluding hydrogens is 446 g/mol. The Hall–Kier alpha value is -2.42. The number of ether oxygens (including phenoxy) is 1. The lowest BCUT2D eigenvalue weighted by Gasteiger charge is -2.22. The van der Waals surface area contributed by atoms with E-state index in [0.717, 1.165) is 27.6 Å². The van der Waals surface area contributed by atoms with Gasteiger partial charge in [0.1, 0.15) is 9.96 Å². The van der Waals surface area contributed by atoms with Crippen molar-refractivity contribution in [2.45, 2.75) is 50.3 Å². The molecule has 0 unspecified atom stereocenters. The summed E-state index contributed by atoms with van der Waals surface area (Å²) in [4.78, 5) is 11.2. The van der Waals surface area contributed by atoms with Gasteiger partial charge < -0.3 is 9.84 Å². The molecule has 0 aliphatic heterocycles. The van der Waals surface area contributed by atoms with Crippen LogP contribution in [0, 0.1) is 6.92 Å². The number of sulfonamides is 1. The van der Waals surface area contributed by atoms with E-state index in [1.807, 2.05) is 50.2 Å². The zero-order valence-corrected chi connectivity index (χ0v) is 20.4. The molecule has 1 aromatic heterocycles. The van der Waals surface area contributed by atoms with Crippen LogP contribution < -0.4 is 4.74 Å². The zero-order valence-electron chi connectivity index (χ0n) is 18.8. The molecule has 0 spiro atoms. The molecular formula is C24H29NO5S2. The summed E-state index contributed by atoms with van der Waals surface area (Å²) in [6.07, 6.45) is 1.27. The van der Waals surface area contributed by atoms with Crippen LogP contribution in [0.3, 0.4) is 0 Å². The number of carboxylic acid groups (broad SMARTS) is 1. The fourth-order valence-electron chi connectivity index (χ4n) is 3.43. The van der Waals surface area contributed by atoms with Gasteiger partial charge in [0, 0.05) is 17.8 Å². The third-order valence-corrected chi connectivity index (χ3v) is 9.08. The Morgan fingerprint density at radius 3 is 2.34 bits per heavy atom. The van der Waals surface area contributed by atoms with Gasteiger partial charge in [0.2, 0.25) is 0 Å². The van der Waals surface area contributed by atoms with Gasteiger partial charge in [-0.15, -0.1) is 11.3 Å². The van der Waals surface area contributed by atoms with E-state index in [2.05, 4.69) is 0 Å². The lowest BCUT2D eigenvalue weighted by Crippen LogP contribution is -2.37. The molecule has 0 atom stereocenters. The Morgan fingerprint density at radius 2 is 1.75 bits per heavy atom. The van der Waals surface area contributed by atoms with Crippen LogP contribution in [0.5, 0.6) is 5.75 Å². The average molecular weight is 476 g/mol. The summed E-state index contributed by atoms with van der Waals surface area (Å²) in [7, 11) is -3.61. The molecule has 172 valence electrons. The van der Waals surface area contributed by atoms with Crippen LogP contribution >= 0.6 is 11.3 Å². The van der Waals surface area contributed by atoms with E-state index < -0.39 is 21.6 Å². The van der Waals surface area contributed by atoms with E-state index in [1.54, 1.807) is 16.4 Å². The molecule has 0 fully saturated rings. The van der Waals surface area contributed by atoms with Crippen molar-refractivity contribution in [3.8, 4) is 5.75 Å². The third kappa shape index (κ3) is 5.14. The van der Waals surface area contributed by atoms with Crippen molar-refractivity contribution < 1.29 is 23.1 Å². The molecule has 3 aromatic rings. The summed E-state index contributed by atoms with van der Waals surface area (Å²) in [6, 6.07) is 14.9. The maximum Gasteiger partial charge on any atom is 0.347 e. The largest absolute Gasteiger partial charge is 0.478 e. The summed E-state index contributed by atoms with van der Waals surface area (Å²) in [5.41, 5.74) is 0.430. The van der Waals surface area contributed by atoms with E-state index in [4.69, 9.17) is 4.74 Å². The second-order valence-corrected chi connectivity index (χ2v) is 11.4. The summed E-state index contributed by atoms with van der Waals surface area (Å²) < 4.78 is 35.4. The Kier molecular flexibility index (Phi) is 7.27. The monoisotopic (exact) mass is 475 g/mol. The first-order valence-electron chi connectivity index (χ1n) is 10.6. The summed E-state index contributed by atoms with van der Waals surface area (Å²) >= 11 is 1.32. The standard InChI is InChI=1S/C24H29NO5S2/c1-5-15-25(32(28,29)22-17(2)20-8-6-7-9-21(20)31-22)16-14-18-10-12-19(13-11-18)30-24(3,4)23(26)27/h6-13H,5,14-16H2,1-4H3,(H,26,27). The van der Waals surface area contributed by atoms with Crippen LogP contribution in [-0.4, -0.2) is 42.5 Å². The molecule has 0 radical (unpaired) electrons. The van der Waals surface area contributed by atoms with Gasteiger partial charge in [0.15, 0.2) is 5.60 Å². The number of aryl methyl sites for hydroxylation is 1. The number of aliphatic carboxylic acids is 1. The molecule has 1 heterocycles. The Morgan fingerprint density at radius 1 is 1.09 bits per heavy atom. The molecule has 32 heavy (non-hydrogen) atoms. The normalized spacial score (nSPS) is 12.4. The molecule has 0 amide bonds. The van der Waals surface area contributed by atoms with Crippen LogP contribution in [0.15, 0.2) is 52.7 Å². The van der Waals surface area contributed by atoms with Crippen molar-refractivity contribution in [1.82, 2.24) is 4.31 Å². The van der Waals surface area contributed by atoms with Gasteiger partial charge in [-0.3, -0.25) is 0 Å². The van der Waals surface area contributed by atoms with Crippen LogP contribution in [0.2, 0.25) is 0 Å². The minimum Gasteiger partial charge on any atom is -0.478 e. The predicted octanol–water partition coefficient (Wildman–Crippen LogP) is 5.10. The second kappa shape index (κ2) is 9.60. The Balaban J connectivity index is 1.76. The SMILES string of the molecule is CCCN(CCc1ccc(OC(C)(C)C(=O)O)cc1)S(=O)(=O)c1sc2ccccc2c1C. The number of rotatable bonds is 10. The zero-order chi connectivity index (χ0) is 23.5. The highest BCUT2D eigenvalue weighted by atomic mass is 32.2. The minimum absolute atomic E-state index is 0.366. The summed E-state index contributed by atoms with van der Waals surface area (Å²) in [5, 5.41) is 10.2. The van der Waals surface area contributed by atoms with E-state index >= 15 is 0 Å². The van der Waals surface area contributed by atoms with Gasteiger partial charge in [-0.1, -0.05) is 37.3 Å². The van der Waals surface area contributed by atoms with Crippen molar-refractivity contribution in [3.05, 3.63) is 59.7 Å². The first kappa shape index (κ1) is 24.2. The molecule has 0 aliphatic rings. The summed E-state index contributed by atoms with van der Waals surface area (Å²) in [5.74, 6) is -0.585. The molecule has 2 aromatic carbocycles. The van der Waals surface area contributed by atoms with Crippen molar-refractivity contribution in [1.29, 1.82) is 0 Å². The molecule has 0 saturated carbocycles. The molecule has 0 bridgehead atoms. The van der Waals surface area contributed by atoms with Gasteiger partial charge in [-0.25, -0.2) is 13.2 Å². The van der Waals surface area contributed by atoms with Crippen molar-refractivity contribution in [2.24, 2.45) is 0 Å². The first-order valence-corrected chi connectivity index (χ1v) is 12.8. The van der Waals surface area contributed by atoms with Gasteiger partial charge in [0.05, 0.1) is 0 Å². The lowest BCUT2D eigenvalue weighted by atomic mass is 10.1. The maximum atomic E-state index is 13.5. The second-order valence-electron chi connectivity index (χ2n) is 8.23. The highest BCUT2D eigenvalue weighted by Gasteiger charge is 2.30. The lowest BCUT2D eigenvalue weighted by molar-refractivity contribution is -0.152. The van der Waals surface area contributed by atoms with Crippen molar-refractivity contribution in [2.75, 3.05) is 13.1 Å². The summed E-state index contributed by atoms with van der Waals surface area (Å²) in [6.45, 7) is 7.64. The van der Waals surface area contributed by atoms with E-state index in [0.29, 0.717) is 29.5 Å². The van der Waals surface area contributed by atoms with Crippen LogP contribution in [-0.2, 0) is 21.2 Å². The van der Waals surface area contributed by atoms with E-state index in [-0.39, 0.29) is 0 Å². The molecule has 0 saturated heterocycles. The first-order chi connectivity index (χ1) is 15.1. The molecule has 1 N–H and O–H groups in total. The Bertz CT molecular complexity index is 1200. The van der Waals surface area contributed by atoms with Crippen LogP contribution in [0.1, 0.15) is 38.3 Å².